The zero-order valence-corrected chi connectivity index (χ0v) is 11.3. The van der Waals surface area contributed by atoms with Crippen molar-refractivity contribution in [1.82, 2.24) is 19.3 Å². The molecule has 1 aliphatic heterocycles. The Balaban J connectivity index is 1.90. The van der Waals surface area contributed by atoms with Crippen molar-refractivity contribution in [2.75, 3.05) is 13.1 Å². The van der Waals surface area contributed by atoms with Gasteiger partial charge >= 0.3 is 0 Å². The van der Waals surface area contributed by atoms with E-state index >= 15 is 0 Å². The number of aryl methyl sites for hydroxylation is 1. The zero-order valence-electron chi connectivity index (χ0n) is 11.3. The van der Waals surface area contributed by atoms with Crippen LogP contribution in [0, 0.1) is 24.2 Å². The Bertz CT molecular complexity index is 691. The molecule has 0 spiro atoms. The van der Waals surface area contributed by atoms with Crippen LogP contribution < -0.4 is 0 Å². The van der Waals surface area contributed by atoms with Crippen LogP contribution in [0.4, 0.5) is 0 Å². The normalized spacial score (nSPS) is 16.3. The molecular formula is C14H15N5O. The molecule has 1 amide bonds. The molecule has 3 rings (SSSR count). The van der Waals surface area contributed by atoms with Crippen LogP contribution in [0.5, 0.6) is 0 Å². The average molecular weight is 269 g/mol. The molecule has 2 aromatic heterocycles. The number of rotatable bonds is 1. The smallest absolute Gasteiger partial charge is 0.272 e. The Morgan fingerprint density at radius 3 is 2.90 bits per heavy atom. The van der Waals surface area contributed by atoms with E-state index in [2.05, 4.69) is 16.0 Å². The van der Waals surface area contributed by atoms with Gasteiger partial charge in [-0.15, -0.1) is 0 Å². The Labute approximate surface area is 116 Å². The fraction of sp³-hybridized carbons (Fsp3) is 0.429. The molecule has 6 nitrogen and oxygen atoms in total. The summed E-state index contributed by atoms with van der Waals surface area (Å²) >= 11 is 0. The van der Waals surface area contributed by atoms with E-state index < -0.39 is 0 Å². The highest BCUT2D eigenvalue weighted by Crippen LogP contribution is 2.20. The lowest BCUT2D eigenvalue weighted by Crippen LogP contribution is -2.39. The predicted molar refractivity (Wildman–Crippen MR) is 72.0 cm³/mol. The van der Waals surface area contributed by atoms with E-state index in [1.165, 1.54) is 0 Å². The molecule has 1 aliphatic rings. The quantitative estimate of drug-likeness (QED) is 0.784. The molecule has 2 aromatic rings. The van der Waals surface area contributed by atoms with Crippen LogP contribution in [0.2, 0.25) is 0 Å². The minimum atomic E-state index is -0.0161. The molecule has 0 N–H and O–H groups in total. The van der Waals surface area contributed by atoms with Crippen LogP contribution in [0.1, 0.15) is 29.0 Å². The van der Waals surface area contributed by atoms with Crippen molar-refractivity contribution in [3.63, 3.8) is 0 Å². The first-order valence-electron chi connectivity index (χ1n) is 6.68. The number of nitrogens with zero attached hydrogens (tertiary/aromatic N) is 5. The summed E-state index contributed by atoms with van der Waals surface area (Å²) < 4.78 is 1.78. The summed E-state index contributed by atoms with van der Waals surface area (Å²) in [4.78, 5) is 22.8. The molecule has 0 atom stereocenters. The van der Waals surface area contributed by atoms with Gasteiger partial charge in [0.05, 0.1) is 18.0 Å². The highest BCUT2D eigenvalue weighted by Gasteiger charge is 2.26. The fourth-order valence-electron chi connectivity index (χ4n) is 2.64. The second-order valence-corrected chi connectivity index (χ2v) is 5.05. The number of piperidine rings is 1. The summed E-state index contributed by atoms with van der Waals surface area (Å²) in [7, 11) is 0. The summed E-state index contributed by atoms with van der Waals surface area (Å²) in [6.45, 7) is 3.10. The van der Waals surface area contributed by atoms with Gasteiger partial charge < -0.3 is 4.90 Å². The van der Waals surface area contributed by atoms with Crippen molar-refractivity contribution in [1.29, 1.82) is 5.26 Å². The Morgan fingerprint density at radius 2 is 2.20 bits per heavy atom. The molecule has 102 valence electrons. The van der Waals surface area contributed by atoms with E-state index in [4.69, 9.17) is 5.26 Å². The number of fused-ring (bicyclic) bond motifs is 1. The maximum atomic E-state index is 12.7. The predicted octanol–water partition coefficient (Wildman–Crippen LogP) is 1.41. The third-order valence-corrected chi connectivity index (χ3v) is 3.77. The van der Waals surface area contributed by atoms with Gasteiger partial charge in [0, 0.05) is 31.4 Å². The number of nitriles is 1. The maximum Gasteiger partial charge on any atom is 0.272 e. The minimum Gasteiger partial charge on any atom is -0.337 e. The first-order chi connectivity index (χ1) is 9.70. The van der Waals surface area contributed by atoms with Crippen LogP contribution in [-0.2, 0) is 0 Å². The number of hydrogen-bond acceptors (Lipinski definition) is 4. The van der Waals surface area contributed by atoms with Crippen molar-refractivity contribution in [2.24, 2.45) is 5.92 Å². The maximum absolute atomic E-state index is 12.7. The summed E-state index contributed by atoms with van der Waals surface area (Å²) in [6.07, 6.45) is 6.54. The Kier molecular flexibility index (Phi) is 3.11. The van der Waals surface area contributed by atoms with Crippen LogP contribution in [0.3, 0.4) is 0 Å². The summed E-state index contributed by atoms with van der Waals surface area (Å²) in [5.41, 5.74) is 1.99. The topological polar surface area (TPSA) is 74.3 Å². The lowest BCUT2D eigenvalue weighted by atomic mass is 9.98. The second-order valence-electron chi connectivity index (χ2n) is 5.05. The van der Waals surface area contributed by atoms with Gasteiger partial charge in [-0.25, -0.2) is 4.98 Å². The van der Waals surface area contributed by atoms with E-state index in [1.54, 1.807) is 23.0 Å². The third-order valence-electron chi connectivity index (χ3n) is 3.77. The Morgan fingerprint density at radius 1 is 1.45 bits per heavy atom. The molecule has 0 saturated carbocycles. The van der Waals surface area contributed by atoms with Gasteiger partial charge in [-0.1, -0.05) is 0 Å². The van der Waals surface area contributed by atoms with E-state index in [-0.39, 0.29) is 11.8 Å². The van der Waals surface area contributed by atoms with Gasteiger partial charge in [-0.05, 0) is 19.8 Å². The number of hydrogen-bond donors (Lipinski definition) is 0. The largest absolute Gasteiger partial charge is 0.337 e. The number of carbonyl (C=O) groups excluding carboxylic acids is 1. The number of likely N-dealkylation sites (tertiary alicyclic amines) is 1. The summed E-state index contributed by atoms with van der Waals surface area (Å²) in [5.74, 6) is 0.0594. The molecular weight excluding hydrogens is 254 g/mol. The van der Waals surface area contributed by atoms with Gasteiger partial charge in [0.2, 0.25) is 0 Å². The Hall–Kier alpha value is -2.42. The molecule has 1 saturated heterocycles. The number of carbonyl (C=O) groups is 1. The zero-order chi connectivity index (χ0) is 14.1. The molecule has 20 heavy (non-hydrogen) atoms. The molecule has 0 radical (unpaired) electrons. The molecule has 6 heteroatoms. The highest BCUT2D eigenvalue weighted by atomic mass is 16.2. The van der Waals surface area contributed by atoms with Crippen molar-refractivity contribution in [2.45, 2.75) is 19.8 Å². The van der Waals surface area contributed by atoms with E-state index in [9.17, 15) is 4.79 Å². The van der Waals surface area contributed by atoms with Crippen LogP contribution in [0.25, 0.3) is 5.65 Å². The molecule has 0 unspecified atom stereocenters. The SMILES string of the molecule is Cc1nc2cnccn2c1C(=O)N1CCC(C#N)CC1. The standard InChI is InChI=1S/C14H15N5O/c1-10-13(19-7-4-16-9-12(19)17-10)14(20)18-5-2-11(8-15)3-6-18/h4,7,9,11H,2-3,5-6H2,1H3. The van der Waals surface area contributed by atoms with E-state index in [0.717, 1.165) is 12.8 Å². The first-order valence-corrected chi connectivity index (χ1v) is 6.68. The average Bonchev–Trinajstić information content (AvgIpc) is 2.82. The van der Waals surface area contributed by atoms with Gasteiger partial charge in [0.1, 0.15) is 5.69 Å². The van der Waals surface area contributed by atoms with Gasteiger partial charge in [-0.3, -0.25) is 14.2 Å². The molecule has 1 fully saturated rings. The van der Waals surface area contributed by atoms with E-state index in [1.807, 2.05) is 11.8 Å². The van der Waals surface area contributed by atoms with Crippen molar-refractivity contribution in [3.8, 4) is 6.07 Å². The molecule has 0 aliphatic carbocycles. The third kappa shape index (κ3) is 2.01. The van der Waals surface area contributed by atoms with Gasteiger partial charge in [0.15, 0.2) is 5.65 Å². The van der Waals surface area contributed by atoms with Crippen LogP contribution in [0.15, 0.2) is 18.6 Å². The monoisotopic (exact) mass is 269 g/mol. The lowest BCUT2D eigenvalue weighted by molar-refractivity contribution is 0.0699. The molecule has 0 bridgehead atoms. The fourth-order valence-corrected chi connectivity index (χ4v) is 2.64. The van der Waals surface area contributed by atoms with Crippen molar-refractivity contribution in [3.05, 3.63) is 30.0 Å². The van der Waals surface area contributed by atoms with E-state index in [0.29, 0.717) is 30.1 Å². The number of aromatic nitrogens is 3. The number of amides is 1. The van der Waals surface area contributed by atoms with Crippen molar-refractivity contribution >= 4 is 11.6 Å². The first kappa shape index (κ1) is 12.6. The highest BCUT2D eigenvalue weighted by molar-refractivity contribution is 5.94. The second kappa shape index (κ2) is 4.93. The van der Waals surface area contributed by atoms with Gasteiger partial charge in [-0.2, -0.15) is 5.26 Å². The number of imidazole rings is 1. The van der Waals surface area contributed by atoms with Crippen molar-refractivity contribution < 1.29 is 4.79 Å². The molecule has 0 aromatic carbocycles. The summed E-state index contributed by atoms with van der Waals surface area (Å²) in [5, 5.41) is 8.91. The van der Waals surface area contributed by atoms with Crippen LogP contribution >= 0.6 is 0 Å². The van der Waals surface area contributed by atoms with Crippen LogP contribution in [-0.4, -0.2) is 38.3 Å². The van der Waals surface area contributed by atoms with Gasteiger partial charge in [0.25, 0.3) is 5.91 Å². The molecule has 3 heterocycles. The summed E-state index contributed by atoms with van der Waals surface area (Å²) in [6, 6.07) is 2.28. The lowest BCUT2D eigenvalue weighted by Gasteiger charge is -2.29. The minimum absolute atomic E-state index is 0.0161.